The molecule has 0 saturated carbocycles. The van der Waals surface area contributed by atoms with Gasteiger partial charge in [0.1, 0.15) is 37.6 Å². The molecule has 0 aromatic heterocycles. The smallest absolute Gasteiger partial charge is 0.422 e. The van der Waals surface area contributed by atoms with E-state index in [1.807, 2.05) is 0 Å². The number of ether oxygens (including phenoxy) is 11. The van der Waals surface area contributed by atoms with Crippen molar-refractivity contribution in [2.24, 2.45) is 0 Å². The fourth-order valence-corrected chi connectivity index (χ4v) is 5.65. The van der Waals surface area contributed by atoms with E-state index in [0.717, 1.165) is 55.4 Å². The second kappa shape index (κ2) is 20.6. The first-order chi connectivity index (χ1) is 25.9. The Hall–Kier alpha value is -5.32. The van der Waals surface area contributed by atoms with Gasteiger partial charge in [0.05, 0.1) is 0 Å². The maximum atomic E-state index is 13.2. The lowest BCUT2D eigenvalue weighted by Gasteiger charge is -2.49. The number of carbonyl (C=O) groups excluding carboxylic acids is 9. The molecule has 2 heterocycles. The van der Waals surface area contributed by atoms with Crippen molar-refractivity contribution < 1.29 is 108 Å². The molecule has 0 aromatic rings. The molecular weight excluding hydrogens is 773 g/mol. The summed E-state index contributed by atoms with van der Waals surface area (Å²) in [6, 6.07) is 0. The van der Waals surface area contributed by atoms with Gasteiger partial charge in [-0.1, -0.05) is 0 Å². The first kappa shape index (κ1) is 46.8. The van der Waals surface area contributed by atoms with E-state index in [1.165, 1.54) is 0 Å². The first-order valence-electron chi connectivity index (χ1n) is 16.5. The Balaban J connectivity index is 3.09. The molecule has 2 saturated heterocycles. The van der Waals surface area contributed by atoms with Gasteiger partial charge in [-0.05, 0) is 0 Å². The standard InChI is InChI=1S/C33H41F3O20/c1-13(37)46-10-22-27(49-15(3)39)31(53-19(7)43)29(51-17(5)41)25(55-22)21(9-24(45)48-12-33(34,35)36)26-30(52-18(6)42)32(54-20(8)44)28(50-16(4)40)23(56-26)11-47-14(2)38/h9,22-23,25-32H,10-12H2,1-8H3/t22-,23-,25-,26-,27-,28-,29-,30-,31+,32+/m1/s1. The molecule has 2 aliphatic heterocycles. The predicted molar refractivity (Wildman–Crippen MR) is 169 cm³/mol. The molecule has 23 heteroatoms. The second-order valence-corrected chi connectivity index (χ2v) is 12.1. The normalized spacial score (nSPS) is 27.2. The van der Waals surface area contributed by atoms with E-state index >= 15 is 0 Å². The number of hydrogen-bond donors (Lipinski definition) is 0. The van der Waals surface area contributed by atoms with Crippen LogP contribution in [0.15, 0.2) is 11.6 Å². The van der Waals surface area contributed by atoms with E-state index in [1.54, 1.807) is 0 Å². The highest BCUT2D eigenvalue weighted by Crippen LogP contribution is 2.39. The number of esters is 9. The molecule has 20 nitrogen and oxygen atoms in total. The Labute approximate surface area is 316 Å². The minimum atomic E-state index is -5.06. The van der Waals surface area contributed by atoms with Crippen LogP contribution in [-0.4, -0.2) is 141 Å². The summed E-state index contributed by atoms with van der Waals surface area (Å²) in [4.78, 5) is 112. The Kier molecular flexibility index (Phi) is 17.2. The fraction of sp³-hybridized carbons (Fsp3) is 0.667. The summed E-state index contributed by atoms with van der Waals surface area (Å²) < 4.78 is 98.7. The summed E-state index contributed by atoms with van der Waals surface area (Å²) >= 11 is 0. The molecule has 56 heavy (non-hydrogen) atoms. The van der Waals surface area contributed by atoms with Crippen LogP contribution in [0.1, 0.15) is 55.4 Å². The van der Waals surface area contributed by atoms with Crippen molar-refractivity contribution in [3.05, 3.63) is 11.6 Å². The Morgan fingerprint density at radius 3 is 1.05 bits per heavy atom. The lowest BCUT2D eigenvalue weighted by molar-refractivity contribution is -0.262. The van der Waals surface area contributed by atoms with Gasteiger partial charge < -0.3 is 52.1 Å². The third kappa shape index (κ3) is 14.7. The van der Waals surface area contributed by atoms with E-state index in [4.69, 9.17) is 47.4 Å². The topological polar surface area (TPSA) is 255 Å². The van der Waals surface area contributed by atoms with Gasteiger partial charge in [-0.3, -0.25) is 38.4 Å². The highest BCUT2D eigenvalue weighted by Gasteiger charge is 2.59. The molecule has 2 fully saturated rings. The molecule has 0 bridgehead atoms. The van der Waals surface area contributed by atoms with Gasteiger partial charge in [0, 0.05) is 67.0 Å². The van der Waals surface area contributed by atoms with E-state index < -0.39 is 146 Å². The Morgan fingerprint density at radius 1 is 0.464 bits per heavy atom. The largest absolute Gasteiger partial charge is 0.463 e. The summed E-state index contributed by atoms with van der Waals surface area (Å²) in [6.07, 6.45) is -23.8. The fourth-order valence-electron chi connectivity index (χ4n) is 5.65. The zero-order valence-corrected chi connectivity index (χ0v) is 31.3. The van der Waals surface area contributed by atoms with Crippen molar-refractivity contribution in [2.75, 3.05) is 19.8 Å². The van der Waals surface area contributed by atoms with Crippen molar-refractivity contribution in [1.29, 1.82) is 0 Å². The van der Waals surface area contributed by atoms with Crippen LogP contribution in [0.5, 0.6) is 0 Å². The minimum Gasteiger partial charge on any atom is -0.463 e. The third-order valence-electron chi connectivity index (χ3n) is 7.30. The zero-order chi connectivity index (χ0) is 42.7. The average molecular weight is 815 g/mol. The SMILES string of the molecule is CC(=O)OC[C@H]1O[C@H](C(=CC(=O)OCC(F)(F)F)[C@H]2O[C@H](COC(C)=O)[C@@H](OC(C)=O)[C@H](OC(C)=O)[C@@H]2OC(C)=O)[C@@H](OC(C)=O)[C@@H](OC(C)=O)[C@@H]1OC(C)=O. The molecule has 2 rings (SSSR count). The van der Waals surface area contributed by atoms with Gasteiger partial charge >= 0.3 is 59.9 Å². The number of hydrogen-bond acceptors (Lipinski definition) is 20. The monoisotopic (exact) mass is 814 g/mol. The highest BCUT2D eigenvalue weighted by atomic mass is 19.4. The van der Waals surface area contributed by atoms with Crippen LogP contribution >= 0.6 is 0 Å². The van der Waals surface area contributed by atoms with E-state index in [2.05, 4.69) is 4.74 Å². The van der Waals surface area contributed by atoms with Gasteiger partial charge in [0.15, 0.2) is 43.2 Å². The molecule has 0 spiro atoms. The quantitative estimate of drug-likeness (QED) is 0.130. The minimum absolute atomic E-state index is 0.341. The second-order valence-electron chi connectivity index (χ2n) is 12.1. The van der Waals surface area contributed by atoms with Gasteiger partial charge in [-0.15, -0.1) is 0 Å². The molecule has 10 atom stereocenters. The number of halogens is 3. The van der Waals surface area contributed by atoms with Crippen LogP contribution in [0.25, 0.3) is 0 Å². The molecular formula is C33H41F3O20. The van der Waals surface area contributed by atoms with Crippen molar-refractivity contribution in [3.63, 3.8) is 0 Å². The first-order valence-corrected chi connectivity index (χ1v) is 16.5. The Morgan fingerprint density at radius 2 is 0.768 bits per heavy atom. The molecule has 0 unspecified atom stereocenters. The lowest BCUT2D eigenvalue weighted by atomic mass is 9.83. The number of carbonyl (C=O) groups is 9. The third-order valence-corrected chi connectivity index (χ3v) is 7.30. The summed E-state index contributed by atoms with van der Waals surface area (Å²) in [6.45, 7) is 3.58. The van der Waals surface area contributed by atoms with Gasteiger partial charge in [0.25, 0.3) is 0 Å². The van der Waals surface area contributed by atoms with E-state index in [-0.39, 0.29) is 0 Å². The summed E-state index contributed by atoms with van der Waals surface area (Å²) in [7, 11) is 0. The van der Waals surface area contributed by atoms with Crippen molar-refractivity contribution >= 4 is 53.7 Å². The summed E-state index contributed by atoms with van der Waals surface area (Å²) in [5, 5.41) is 0. The summed E-state index contributed by atoms with van der Waals surface area (Å²) in [5.74, 6) is -10.1. The molecule has 0 radical (unpaired) electrons. The van der Waals surface area contributed by atoms with E-state index in [0.29, 0.717) is 6.08 Å². The lowest BCUT2D eigenvalue weighted by Crippen LogP contribution is -2.66. The molecule has 0 N–H and O–H groups in total. The van der Waals surface area contributed by atoms with Gasteiger partial charge in [0.2, 0.25) is 0 Å². The van der Waals surface area contributed by atoms with E-state index in [9.17, 15) is 56.3 Å². The Bertz CT molecular complexity index is 1450. The molecule has 314 valence electrons. The van der Waals surface area contributed by atoms with Gasteiger partial charge in [-0.25, -0.2) is 4.79 Å². The maximum Gasteiger partial charge on any atom is 0.422 e. The van der Waals surface area contributed by atoms with Crippen molar-refractivity contribution in [1.82, 2.24) is 0 Å². The van der Waals surface area contributed by atoms with Crippen LogP contribution in [0, 0.1) is 0 Å². The van der Waals surface area contributed by atoms with Crippen LogP contribution in [0.4, 0.5) is 13.2 Å². The van der Waals surface area contributed by atoms with Crippen LogP contribution < -0.4 is 0 Å². The van der Waals surface area contributed by atoms with Gasteiger partial charge in [-0.2, -0.15) is 13.2 Å². The molecule has 0 aromatic carbocycles. The van der Waals surface area contributed by atoms with Crippen LogP contribution in [0.2, 0.25) is 0 Å². The zero-order valence-electron chi connectivity index (χ0n) is 31.3. The molecule has 2 aliphatic rings. The average Bonchev–Trinajstić information content (AvgIpc) is 3.03. The predicted octanol–water partition coefficient (Wildman–Crippen LogP) is 0.270. The van der Waals surface area contributed by atoms with Crippen molar-refractivity contribution in [2.45, 2.75) is 123 Å². The van der Waals surface area contributed by atoms with Crippen molar-refractivity contribution in [3.8, 4) is 0 Å². The summed E-state index contributed by atoms with van der Waals surface area (Å²) in [5.41, 5.74) is -0.757. The molecule has 0 amide bonds. The van der Waals surface area contributed by atoms with Crippen LogP contribution in [-0.2, 0) is 95.3 Å². The maximum absolute atomic E-state index is 13.2. The van der Waals surface area contributed by atoms with Crippen LogP contribution in [0.3, 0.4) is 0 Å². The molecule has 0 aliphatic carbocycles. The highest BCUT2D eigenvalue weighted by molar-refractivity contribution is 5.83. The number of rotatable bonds is 14. The number of alkyl halides is 3.